The lowest BCUT2D eigenvalue weighted by molar-refractivity contribution is -0.127. The van der Waals surface area contributed by atoms with E-state index in [1.807, 2.05) is 44.2 Å². The fraction of sp³-hybridized carbons (Fsp3) is 0.500. The van der Waals surface area contributed by atoms with Crippen molar-refractivity contribution in [2.45, 2.75) is 44.9 Å². The molecule has 0 bridgehead atoms. The summed E-state index contributed by atoms with van der Waals surface area (Å²) in [4.78, 5) is 14.6. The van der Waals surface area contributed by atoms with Gasteiger partial charge in [-0.1, -0.05) is 18.2 Å². The number of amides is 1. The second-order valence-corrected chi connectivity index (χ2v) is 6.36. The van der Waals surface area contributed by atoms with Gasteiger partial charge in [0.2, 0.25) is 5.91 Å². The van der Waals surface area contributed by atoms with Gasteiger partial charge in [-0.05, 0) is 38.8 Å². The summed E-state index contributed by atoms with van der Waals surface area (Å²) in [5.74, 6) is 0.759. The maximum Gasteiger partial charge on any atom is 0.237 e. The molecule has 0 spiro atoms. The third-order valence-electron chi connectivity index (χ3n) is 4.66. The van der Waals surface area contributed by atoms with Crippen molar-refractivity contribution in [3.63, 3.8) is 0 Å². The van der Waals surface area contributed by atoms with E-state index in [0.717, 1.165) is 42.7 Å². The number of furan rings is 1. The van der Waals surface area contributed by atoms with Crippen LogP contribution in [0.5, 0.6) is 0 Å². The van der Waals surface area contributed by atoms with Crippen LogP contribution in [0.4, 0.5) is 0 Å². The second kappa shape index (κ2) is 6.72. The van der Waals surface area contributed by atoms with Crippen molar-refractivity contribution in [1.82, 2.24) is 10.2 Å². The summed E-state index contributed by atoms with van der Waals surface area (Å²) >= 11 is 0. The van der Waals surface area contributed by atoms with E-state index >= 15 is 0 Å². The first kappa shape index (κ1) is 16.0. The Morgan fingerprint density at radius 2 is 2.00 bits per heavy atom. The number of hydrogen-bond acceptors (Lipinski definition) is 4. The Hall–Kier alpha value is -1.85. The maximum absolute atomic E-state index is 12.5. The van der Waals surface area contributed by atoms with Gasteiger partial charge in [0.15, 0.2) is 0 Å². The summed E-state index contributed by atoms with van der Waals surface area (Å²) in [5, 5.41) is 13.6. The van der Waals surface area contributed by atoms with Gasteiger partial charge in [-0.15, -0.1) is 0 Å². The number of aliphatic hydroxyl groups is 1. The molecule has 124 valence electrons. The third kappa shape index (κ3) is 3.57. The van der Waals surface area contributed by atoms with Gasteiger partial charge in [0.25, 0.3) is 0 Å². The lowest BCUT2D eigenvalue weighted by atomic mass is 10.1. The van der Waals surface area contributed by atoms with Crippen molar-refractivity contribution >= 4 is 16.9 Å². The highest BCUT2D eigenvalue weighted by atomic mass is 16.3. The molecule has 2 N–H and O–H groups in total. The smallest absolute Gasteiger partial charge is 0.237 e. The molecule has 0 aliphatic carbocycles. The van der Waals surface area contributed by atoms with Gasteiger partial charge >= 0.3 is 0 Å². The Morgan fingerprint density at radius 1 is 1.30 bits per heavy atom. The van der Waals surface area contributed by atoms with Crippen molar-refractivity contribution in [1.29, 1.82) is 0 Å². The maximum atomic E-state index is 12.5. The fourth-order valence-corrected chi connectivity index (χ4v) is 3.06. The molecule has 1 amide bonds. The van der Waals surface area contributed by atoms with Gasteiger partial charge < -0.3 is 14.8 Å². The van der Waals surface area contributed by atoms with Crippen LogP contribution in [-0.2, 0) is 4.79 Å². The molecule has 1 aromatic carbocycles. The van der Waals surface area contributed by atoms with Gasteiger partial charge in [-0.2, -0.15) is 0 Å². The number of likely N-dealkylation sites (tertiary alicyclic amines) is 1. The molecule has 23 heavy (non-hydrogen) atoms. The molecule has 1 aliphatic heterocycles. The van der Waals surface area contributed by atoms with E-state index in [9.17, 15) is 9.90 Å². The number of rotatable bonds is 4. The highest BCUT2D eigenvalue weighted by Crippen LogP contribution is 2.24. The van der Waals surface area contributed by atoms with Gasteiger partial charge in [0, 0.05) is 18.5 Å². The van der Waals surface area contributed by atoms with Crippen LogP contribution in [-0.4, -0.2) is 41.1 Å². The second-order valence-electron chi connectivity index (χ2n) is 6.36. The molecule has 2 heterocycles. The van der Waals surface area contributed by atoms with Crippen molar-refractivity contribution in [3.8, 4) is 0 Å². The van der Waals surface area contributed by atoms with Gasteiger partial charge in [-0.25, -0.2) is 0 Å². The first-order valence-corrected chi connectivity index (χ1v) is 8.25. The molecule has 1 aromatic heterocycles. The number of aliphatic hydroxyl groups excluding tert-OH is 1. The van der Waals surface area contributed by atoms with E-state index in [0.29, 0.717) is 0 Å². The summed E-state index contributed by atoms with van der Waals surface area (Å²) in [6.07, 6.45) is 1.24. The zero-order valence-electron chi connectivity index (χ0n) is 13.7. The highest BCUT2D eigenvalue weighted by Gasteiger charge is 2.27. The Bertz CT molecular complexity index is 641. The monoisotopic (exact) mass is 316 g/mol. The number of carbonyl (C=O) groups excluding carboxylic acids is 1. The van der Waals surface area contributed by atoms with Crippen molar-refractivity contribution < 1.29 is 14.3 Å². The average Bonchev–Trinajstić information content (AvgIpc) is 2.99. The summed E-state index contributed by atoms with van der Waals surface area (Å²) in [5.41, 5.74) is 0.835. The first-order valence-electron chi connectivity index (χ1n) is 8.25. The molecular formula is C18H24N2O3. The van der Waals surface area contributed by atoms with Crippen LogP contribution in [0.1, 0.15) is 38.5 Å². The number of fused-ring (bicyclic) bond motifs is 1. The first-order chi connectivity index (χ1) is 11.0. The van der Waals surface area contributed by atoms with E-state index < -0.39 is 0 Å². The topological polar surface area (TPSA) is 65.7 Å². The fourth-order valence-electron chi connectivity index (χ4n) is 3.06. The Labute approximate surface area is 136 Å². The lowest BCUT2D eigenvalue weighted by Gasteiger charge is -2.33. The highest BCUT2D eigenvalue weighted by molar-refractivity contribution is 5.82. The van der Waals surface area contributed by atoms with Gasteiger partial charge in [0.05, 0.1) is 18.2 Å². The van der Waals surface area contributed by atoms with Crippen LogP contribution < -0.4 is 5.32 Å². The molecule has 0 saturated carbocycles. The Kier molecular flexibility index (Phi) is 4.68. The zero-order valence-corrected chi connectivity index (χ0v) is 13.7. The largest absolute Gasteiger partial charge is 0.459 e. The van der Waals surface area contributed by atoms with Crippen molar-refractivity contribution in [2.24, 2.45) is 0 Å². The van der Waals surface area contributed by atoms with E-state index in [4.69, 9.17) is 4.42 Å². The third-order valence-corrected chi connectivity index (χ3v) is 4.66. The quantitative estimate of drug-likeness (QED) is 0.909. The Morgan fingerprint density at radius 3 is 2.70 bits per heavy atom. The molecule has 2 atom stereocenters. The van der Waals surface area contributed by atoms with E-state index in [2.05, 4.69) is 10.2 Å². The summed E-state index contributed by atoms with van der Waals surface area (Å²) < 4.78 is 5.81. The minimum Gasteiger partial charge on any atom is -0.459 e. The summed E-state index contributed by atoms with van der Waals surface area (Å²) in [6.45, 7) is 5.37. The number of nitrogens with one attached hydrogen (secondary N) is 1. The molecule has 3 rings (SSSR count). The van der Waals surface area contributed by atoms with Crippen molar-refractivity contribution in [3.05, 3.63) is 36.1 Å². The SMILES string of the molecule is CC(NC(=O)C(C)N1CCC(O)CC1)c1cc2ccccc2o1. The average molecular weight is 316 g/mol. The standard InChI is InChI=1S/C18H24N2O3/c1-12(17-11-14-5-3-4-6-16(14)23-17)19-18(22)13(2)20-9-7-15(21)8-10-20/h3-6,11-13,15,21H,7-10H2,1-2H3,(H,19,22). The predicted molar refractivity (Wildman–Crippen MR) is 89.0 cm³/mol. The lowest BCUT2D eigenvalue weighted by Crippen LogP contribution is -2.49. The molecule has 5 heteroatoms. The predicted octanol–water partition coefficient (Wildman–Crippen LogP) is 2.46. The van der Waals surface area contributed by atoms with Crippen LogP contribution in [0.25, 0.3) is 11.0 Å². The normalized spacial score (nSPS) is 19.6. The number of hydrogen-bond donors (Lipinski definition) is 2. The van der Waals surface area contributed by atoms with Crippen LogP contribution in [0, 0.1) is 0 Å². The van der Waals surface area contributed by atoms with Gasteiger partial charge in [-0.3, -0.25) is 9.69 Å². The Balaban J connectivity index is 1.62. The minimum absolute atomic E-state index is 0.00524. The molecule has 1 saturated heterocycles. The zero-order chi connectivity index (χ0) is 16.4. The molecule has 5 nitrogen and oxygen atoms in total. The van der Waals surface area contributed by atoms with Crippen LogP contribution in [0.3, 0.4) is 0 Å². The number of para-hydroxylation sites is 1. The molecule has 1 fully saturated rings. The number of benzene rings is 1. The van der Waals surface area contributed by atoms with Crippen LogP contribution in [0.15, 0.2) is 34.7 Å². The van der Waals surface area contributed by atoms with Crippen molar-refractivity contribution in [2.75, 3.05) is 13.1 Å². The molecule has 2 unspecified atom stereocenters. The van der Waals surface area contributed by atoms with E-state index in [1.54, 1.807) is 0 Å². The minimum atomic E-state index is -0.226. The van der Waals surface area contributed by atoms with Gasteiger partial charge in [0.1, 0.15) is 11.3 Å². The van der Waals surface area contributed by atoms with Crippen LogP contribution >= 0.6 is 0 Å². The molecule has 2 aromatic rings. The van der Waals surface area contributed by atoms with E-state index in [-0.39, 0.29) is 24.1 Å². The number of nitrogens with zero attached hydrogens (tertiary/aromatic N) is 1. The van der Waals surface area contributed by atoms with E-state index in [1.165, 1.54) is 0 Å². The molecular weight excluding hydrogens is 292 g/mol. The van der Waals surface area contributed by atoms with Crippen LogP contribution in [0.2, 0.25) is 0 Å². The number of piperidine rings is 1. The summed E-state index contributed by atoms with van der Waals surface area (Å²) in [7, 11) is 0. The molecule has 0 radical (unpaired) electrons. The summed E-state index contributed by atoms with van der Waals surface area (Å²) in [6, 6.07) is 9.43. The molecule has 1 aliphatic rings. The number of carbonyl (C=O) groups is 1.